The largest absolute Gasteiger partial charge is 0.472 e. The summed E-state index contributed by atoms with van der Waals surface area (Å²) in [6, 6.07) is 9.13. The van der Waals surface area contributed by atoms with Gasteiger partial charge in [0.25, 0.3) is 0 Å². The van der Waals surface area contributed by atoms with Crippen molar-refractivity contribution in [2.24, 2.45) is 5.73 Å². The Kier molecular flexibility index (Phi) is 5.51. The van der Waals surface area contributed by atoms with E-state index in [2.05, 4.69) is 14.9 Å². The van der Waals surface area contributed by atoms with Gasteiger partial charge in [-0.15, -0.1) is 0 Å². The van der Waals surface area contributed by atoms with Gasteiger partial charge in [-0.2, -0.15) is 5.26 Å². The molecule has 0 radical (unpaired) electrons. The average Bonchev–Trinajstić information content (AvgIpc) is 3.13. The van der Waals surface area contributed by atoms with Crippen LogP contribution < -0.4 is 10.5 Å². The van der Waals surface area contributed by atoms with Crippen molar-refractivity contribution in [3.05, 3.63) is 53.7 Å². The first-order valence-electron chi connectivity index (χ1n) is 9.76. The molecule has 1 aliphatic heterocycles. The number of piperidine rings is 1. The number of halogens is 1. The fourth-order valence-electron chi connectivity index (χ4n) is 4.43. The molecule has 1 aliphatic carbocycles. The summed E-state index contributed by atoms with van der Waals surface area (Å²) < 4.78 is 19.5. The van der Waals surface area contributed by atoms with Crippen LogP contribution in [-0.2, 0) is 0 Å². The molecule has 2 aliphatic rings. The van der Waals surface area contributed by atoms with Gasteiger partial charge in [0.1, 0.15) is 18.0 Å². The smallest absolute Gasteiger partial charge is 0.232 e. The van der Waals surface area contributed by atoms with Gasteiger partial charge in [0.2, 0.25) is 5.88 Å². The quantitative estimate of drug-likeness (QED) is 0.876. The summed E-state index contributed by atoms with van der Waals surface area (Å²) in [5.41, 5.74) is 7.60. The lowest BCUT2D eigenvalue weighted by Crippen LogP contribution is -2.51. The minimum atomic E-state index is -0.221. The topological polar surface area (TPSA) is 88.1 Å². The minimum absolute atomic E-state index is 0.0532. The molecule has 0 bridgehead atoms. The second-order valence-corrected chi connectivity index (χ2v) is 7.69. The number of benzene rings is 1. The number of likely N-dealkylation sites (tertiary alicyclic amines) is 1. The van der Waals surface area contributed by atoms with Crippen LogP contribution in [0.25, 0.3) is 0 Å². The van der Waals surface area contributed by atoms with Crippen LogP contribution in [0, 0.1) is 17.1 Å². The van der Waals surface area contributed by atoms with Gasteiger partial charge in [-0.3, -0.25) is 4.90 Å². The van der Waals surface area contributed by atoms with Crippen molar-refractivity contribution in [3.8, 4) is 11.9 Å². The van der Waals surface area contributed by atoms with Gasteiger partial charge >= 0.3 is 0 Å². The number of hydrogen-bond donors (Lipinski definition) is 1. The third-order valence-corrected chi connectivity index (χ3v) is 5.79. The molecule has 4 unspecified atom stereocenters. The van der Waals surface area contributed by atoms with Crippen LogP contribution in [0.3, 0.4) is 0 Å². The Morgan fingerprint density at radius 3 is 2.68 bits per heavy atom. The highest BCUT2D eigenvalue weighted by Gasteiger charge is 2.41. The molecular weight excluding hydrogens is 357 g/mol. The Morgan fingerprint density at radius 2 is 2.00 bits per heavy atom. The molecule has 1 saturated heterocycles. The van der Waals surface area contributed by atoms with Crippen molar-refractivity contribution in [2.45, 2.75) is 49.8 Å². The van der Waals surface area contributed by atoms with E-state index in [1.165, 1.54) is 24.5 Å². The first-order chi connectivity index (χ1) is 13.6. The molecule has 2 N–H and O–H groups in total. The molecule has 0 spiro atoms. The molecule has 4 rings (SSSR count). The van der Waals surface area contributed by atoms with Crippen LogP contribution >= 0.6 is 0 Å². The highest BCUT2D eigenvalue weighted by molar-refractivity contribution is 5.24. The highest BCUT2D eigenvalue weighted by atomic mass is 19.1. The lowest BCUT2D eigenvalue weighted by Gasteiger charge is -2.37. The maximum absolute atomic E-state index is 13.3. The average molecular weight is 381 g/mol. The Balaban J connectivity index is 1.54. The SMILES string of the molecule is N#Cc1cnc(OC2CC(c3ccc(F)cc3)CC2N2CCCC(N)C2)cn1. The van der Waals surface area contributed by atoms with E-state index >= 15 is 0 Å². The lowest BCUT2D eigenvalue weighted by molar-refractivity contribution is 0.0654. The zero-order valence-corrected chi connectivity index (χ0v) is 15.7. The molecule has 2 fully saturated rings. The number of ether oxygens (including phenoxy) is 1. The van der Waals surface area contributed by atoms with Crippen LogP contribution in [0.2, 0.25) is 0 Å². The summed E-state index contributed by atoms with van der Waals surface area (Å²) in [7, 11) is 0. The fourth-order valence-corrected chi connectivity index (χ4v) is 4.43. The van der Waals surface area contributed by atoms with Crippen LogP contribution in [0.15, 0.2) is 36.7 Å². The van der Waals surface area contributed by atoms with E-state index in [0.717, 1.165) is 44.3 Å². The van der Waals surface area contributed by atoms with E-state index in [4.69, 9.17) is 15.7 Å². The van der Waals surface area contributed by atoms with Gasteiger partial charge in [-0.05, 0) is 55.8 Å². The molecule has 2 heterocycles. The normalized spacial score (nSPS) is 28.0. The summed E-state index contributed by atoms with van der Waals surface area (Å²) in [4.78, 5) is 10.7. The van der Waals surface area contributed by atoms with Gasteiger partial charge in [0.15, 0.2) is 5.69 Å². The second-order valence-electron chi connectivity index (χ2n) is 7.69. The predicted octanol–water partition coefficient (Wildman–Crippen LogP) is 2.60. The molecule has 28 heavy (non-hydrogen) atoms. The van der Waals surface area contributed by atoms with Crippen molar-refractivity contribution in [1.29, 1.82) is 5.26 Å². The van der Waals surface area contributed by atoms with Gasteiger partial charge in [-0.1, -0.05) is 12.1 Å². The standard InChI is InChI=1S/C21H24FN5O/c22-16-5-3-14(4-6-16)15-8-19(27-7-1-2-17(24)13-27)20(9-15)28-21-12-25-18(10-23)11-26-21/h3-6,11-12,15,17,19-20H,1-2,7-9,13,24H2. The van der Waals surface area contributed by atoms with Crippen molar-refractivity contribution in [1.82, 2.24) is 14.9 Å². The Hall–Kier alpha value is -2.56. The van der Waals surface area contributed by atoms with Crippen LogP contribution in [0.1, 0.15) is 42.9 Å². The lowest BCUT2D eigenvalue weighted by atomic mass is 9.97. The second kappa shape index (κ2) is 8.21. The Labute approximate surface area is 164 Å². The highest BCUT2D eigenvalue weighted by Crippen LogP contribution is 2.39. The van der Waals surface area contributed by atoms with Crippen molar-refractivity contribution >= 4 is 0 Å². The summed E-state index contributed by atoms with van der Waals surface area (Å²) in [6.45, 7) is 1.87. The molecule has 1 aromatic carbocycles. The van der Waals surface area contributed by atoms with E-state index < -0.39 is 0 Å². The third kappa shape index (κ3) is 4.13. The predicted molar refractivity (Wildman–Crippen MR) is 102 cm³/mol. The van der Waals surface area contributed by atoms with Crippen LogP contribution in [-0.4, -0.2) is 46.1 Å². The summed E-state index contributed by atoms with van der Waals surface area (Å²) in [5, 5.41) is 8.89. The van der Waals surface area contributed by atoms with Crippen LogP contribution in [0.4, 0.5) is 4.39 Å². The summed E-state index contributed by atoms with van der Waals surface area (Å²) >= 11 is 0. The molecule has 146 valence electrons. The number of aromatic nitrogens is 2. The van der Waals surface area contributed by atoms with E-state index in [-0.39, 0.29) is 29.7 Å². The number of hydrogen-bond acceptors (Lipinski definition) is 6. The molecule has 2 aromatic rings. The zero-order chi connectivity index (χ0) is 19.5. The van der Waals surface area contributed by atoms with Crippen molar-refractivity contribution in [3.63, 3.8) is 0 Å². The molecule has 4 atom stereocenters. The van der Waals surface area contributed by atoms with E-state index in [0.29, 0.717) is 11.8 Å². The number of nitriles is 1. The first-order valence-corrected chi connectivity index (χ1v) is 9.76. The van der Waals surface area contributed by atoms with Crippen molar-refractivity contribution in [2.75, 3.05) is 13.1 Å². The minimum Gasteiger partial charge on any atom is -0.472 e. The van der Waals surface area contributed by atoms with Gasteiger partial charge in [-0.25, -0.2) is 14.4 Å². The number of rotatable bonds is 4. The maximum atomic E-state index is 13.3. The fraction of sp³-hybridized carbons (Fsp3) is 0.476. The van der Waals surface area contributed by atoms with Gasteiger partial charge in [0, 0.05) is 18.6 Å². The van der Waals surface area contributed by atoms with E-state index in [9.17, 15) is 4.39 Å². The summed E-state index contributed by atoms with van der Waals surface area (Å²) in [6.07, 6.45) is 6.77. The van der Waals surface area contributed by atoms with Crippen molar-refractivity contribution < 1.29 is 9.13 Å². The molecule has 1 saturated carbocycles. The van der Waals surface area contributed by atoms with E-state index in [1.54, 1.807) is 0 Å². The Bertz CT molecular complexity index is 835. The number of nitrogens with zero attached hydrogens (tertiary/aromatic N) is 4. The van der Waals surface area contributed by atoms with Crippen LogP contribution in [0.5, 0.6) is 5.88 Å². The summed E-state index contributed by atoms with van der Waals surface area (Å²) in [5.74, 6) is 0.496. The molecular formula is C21H24FN5O. The zero-order valence-electron chi connectivity index (χ0n) is 15.7. The molecule has 7 heteroatoms. The third-order valence-electron chi connectivity index (χ3n) is 5.79. The monoisotopic (exact) mass is 381 g/mol. The first kappa shape index (κ1) is 18.8. The van der Waals surface area contributed by atoms with Gasteiger partial charge < -0.3 is 10.5 Å². The molecule has 6 nitrogen and oxygen atoms in total. The molecule has 0 amide bonds. The van der Waals surface area contributed by atoms with E-state index in [1.807, 2.05) is 18.2 Å². The number of nitrogens with two attached hydrogens (primary N) is 1. The maximum Gasteiger partial charge on any atom is 0.232 e. The molecule has 1 aromatic heterocycles. The Morgan fingerprint density at radius 1 is 1.18 bits per heavy atom. The van der Waals surface area contributed by atoms with Gasteiger partial charge in [0.05, 0.1) is 12.4 Å².